The number of aryl methyl sites for hydroxylation is 1. The number of nitro benzene ring substituents is 1. The molecule has 0 aliphatic carbocycles. The molecule has 0 radical (unpaired) electrons. The second kappa shape index (κ2) is 4.56. The predicted molar refractivity (Wildman–Crippen MR) is 68.9 cm³/mol. The van der Waals surface area contributed by atoms with Crippen LogP contribution < -0.4 is 0 Å². The summed E-state index contributed by atoms with van der Waals surface area (Å²) in [5, 5.41) is 19.8. The van der Waals surface area contributed by atoms with Gasteiger partial charge in [-0.1, -0.05) is 6.07 Å². The Balaban J connectivity index is 2.61. The van der Waals surface area contributed by atoms with E-state index >= 15 is 0 Å². The summed E-state index contributed by atoms with van der Waals surface area (Å²) in [4.78, 5) is 21.3. The molecule has 0 spiro atoms. The minimum atomic E-state index is -1.01. The van der Waals surface area contributed by atoms with E-state index in [2.05, 4.69) is 0 Å². The Morgan fingerprint density at radius 1 is 1.32 bits per heavy atom. The van der Waals surface area contributed by atoms with E-state index < -0.39 is 10.9 Å². The minimum absolute atomic E-state index is 0.0226. The number of rotatable bonds is 3. The molecule has 6 nitrogen and oxygen atoms in total. The number of nitro groups is 1. The molecule has 6 heteroatoms. The molecule has 0 atom stereocenters. The monoisotopic (exact) mass is 260 g/mol. The van der Waals surface area contributed by atoms with Crippen LogP contribution in [0, 0.1) is 24.0 Å². The molecule has 0 fully saturated rings. The summed E-state index contributed by atoms with van der Waals surface area (Å²) in [6.07, 6.45) is 1.60. The van der Waals surface area contributed by atoms with Gasteiger partial charge in [0.25, 0.3) is 5.69 Å². The van der Waals surface area contributed by atoms with Gasteiger partial charge in [0.15, 0.2) is 0 Å². The quantitative estimate of drug-likeness (QED) is 0.679. The fourth-order valence-electron chi connectivity index (χ4n) is 1.97. The lowest BCUT2D eigenvalue weighted by molar-refractivity contribution is -0.384. The zero-order chi connectivity index (χ0) is 14.2. The van der Waals surface area contributed by atoms with E-state index in [0.717, 1.165) is 5.56 Å². The lowest BCUT2D eigenvalue weighted by atomic mass is 10.1. The molecule has 0 saturated heterocycles. The fourth-order valence-corrected chi connectivity index (χ4v) is 1.97. The summed E-state index contributed by atoms with van der Waals surface area (Å²) in [6, 6.07) is 5.99. The molecular formula is C13H12N2O4. The zero-order valence-electron chi connectivity index (χ0n) is 10.5. The van der Waals surface area contributed by atoms with Crippen LogP contribution in [-0.4, -0.2) is 20.6 Å². The van der Waals surface area contributed by atoms with Crippen molar-refractivity contribution in [1.29, 1.82) is 0 Å². The van der Waals surface area contributed by atoms with Crippen LogP contribution in [0.15, 0.2) is 30.5 Å². The summed E-state index contributed by atoms with van der Waals surface area (Å²) in [7, 11) is 0. The van der Waals surface area contributed by atoms with E-state index in [4.69, 9.17) is 5.11 Å². The van der Waals surface area contributed by atoms with Gasteiger partial charge < -0.3 is 9.67 Å². The van der Waals surface area contributed by atoms with Crippen molar-refractivity contribution >= 4 is 11.7 Å². The van der Waals surface area contributed by atoms with Crippen molar-refractivity contribution in [1.82, 2.24) is 4.57 Å². The van der Waals surface area contributed by atoms with Gasteiger partial charge in [-0.3, -0.25) is 10.1 Å². The molecule has 1 heterocycles. The molecule has 0 amide bonds. The SMILES string of the molecule is Cc1ccc([N+](=O)[O-])cc1-n1ccc(C(=O)O)c1C. The van der Waals surface area contributed by atoms with Crippen molar-refractivity contribution in [2.24, 2.45) is 0 Å². The van der Waals surface area contributed by atoms with Gasteiger partial charge in [-0.2, -0.15) is 0 Å². The van der Waals surface area contributed by atoms with Gasteiger partial charge in [0.05, 0.1) is 16.2 Å². The second-order valence-electron chi connectivity index (χ2n) is 4.22. The molecule has 2 rings (SSSR count). The second-order valence-corrected chi connectivity index (χ2v) is 4.22. The van der Waals surface area contributed by atoms with Crippen LogP contribution in [0.3, 0.4) is 0 Å². The van der Waals surface area contributed by atoms with Crippen molar-refractivity contribution in [2.45, 2.75) is 13.8 Å². The molecule has 1 N–H and O–H groups in total. The van der Waals surface area contributed by atoms with E-state index in [-0.39, 0.29) is 11.3 Å². The molecule has 0 aliphatic rings. The van der Waals surface area contributed by atoms with Crippen molar-refractivity contribution in [3.05, 3.63) is 57.4 Å². The van der Waals surface area contributed by atoms with Crippen LogP contribution in [0.1, 0.15) is 21.6 Å². The molecule has 19 heavy (non-hydrogen) atoms. The number of hydrogen-bond donors (Lipinski definition) is 1. The number of carboxylic acids is 1. The van der Waals surface area contributed by atoms with Crippen LogP contribution >= 0.6 is 0 Å². The van der Waals surface area contributed by atoms with E-state index in [0.29, 0.717) is 11.4 Å². The van der Waals surface area contributed by atoms with E-state index in [1.807, 2.05) is 6.92 Å². The Kier molecular flexibility index (Phi) is 3.08. The topological polar surface area (TPSA) is 85.4 Å². The highest BCUT2D eigenvalue weighted by atomic mass is 16.6. The zero-order valence-corrected chi connectivity index (χ0v) is 10.5. The average molecular weight is 260 g/mol. The third-order valence-electron chi connectivity index (χ3n) is 3.03. The van der Waals surface area contributed by atoms with Gasteiger partial charge in [-0.25, -0.2) is 4.79 Å². The maximum atomic E-state index is 11.0. The molecule has 0 unspecified atom stereocenters. The normalized spacial score (nSPS) is 10.4. The number of aromatic nitrogens is 1. The Morgan fingerprint density at radius 2 is 2.00 bits per heavy atom. The molecule has 1 aromatic heterocycles. The molecule has 0 aliphatic heterocycles. The molecule has 0 saturated carbocycles. The number of hydrogen-bond acceptors (Lipinski definition) is 3. The Hall–Kier alpha value is -2.63. The number of benzene rings is 1. The Labute approximate surface area is 109 Å². The van der Waals surface area contributed by atoms with Gasteiger partial charge in [0.1, 0.15) is 0 Å². The Bertz CT molecular complexity index is 673. The molecule has 98 valence electrons. The van der Waals surface area contributed by atoms with Gasteiger partial charge >= 0.3 is 5.97 Å². The molecule has 1 aromatic carbocycles. The third kappa shape index (κ3) is 2.20. The molecule has 2 aromatic rings. The van der Waals surface area contributed by atoms with Crippen LogP contribution in [-0.2, 0) is 0 Å². The van der Waals surface area contributed by atoms with E-state index in [1.54, 1.807) is 23.8 Å². The summed E-state index contributed by atoms with van der Waals surface area (Å²) >= 11 is 0. The lowest BCUT2D eigenvalue weighted by Gasteiger charge is -2.10. The van der Waals surface area contributed by atoms with Gasteiger partial charge in [0, 0.05) is 24.0 Å². The minimum Gasteiger partial charge on any atom is -0.478 e. The fraction of sp³-hybridized carbons (Fsp3) is 0.154. The largest absolute Gasteiger partial charge is 0.478 e. The van der Waals surface area contributed by atoms with Crippen molar-refractivity contribution in [3.8, 4) is 5.69 Å². The van der Waals surface area contributed by atoms with Crippen LogP contribution in [0.4, 0.5) is 5.69 Å². The standard InChI is InChI=1S/C13H12N2O4/c1-8-3-4-10(15(18)19)7-12(8)14-6-5-11(9(14)2)13(16)17/h3-7H,1-2H3,(H,16,17). The number of carbonyl (C=O) groups is 1. The first-order valence-corrected chi connectivity index (χ1v) is 5.58. The van der Waals surface area contributed by atoms with Crippen LogP contribution in [0.25, 0.3) is 5.69 Å². The van der Waals surface area contributed by atoms with Crippen molar-refractivity contribution in [3.63, 3.8) is 0 Å². The lowest BCUT2D eigenvalue weighted by Crippen LogP contribution is -2.03. The highest BCUT2D eigenvalue weighted by Crippen LogP contribution is 2.24. The van der Waals surface area contributed by atoms with E-state index in [1.165, 1.54) is 18.2 Å². The van der Waals surface area contributed by atoms with Gasteiger partial charge in [-0.05, 0) is 25.5 Å². The third-order valence-corrected chi connectivity index (χ3v) is 3.03. The van der Waals surface area contributed by atoms with E-state index in [9.17, 15) is 14.9 Å². The summed E-state index contributed by atoms with van der Waals surface area (Å²) in [5.74, 6) is -1.01. The number of non-ortho nitro benzene ring substituents is 1. The first-order valence-electron chi connectivity index (χ1n) is 5.58. The number of carboxylic acid groups (broad SMARTS) is 1. The highest BCUT2D eigenvalue weighted by Gasteiger charge is 2.15. The maximum absolute atomic E-state index is 11.0. The smallest absolute Gasteiger partial charge is 0.337 e. The summed E-state index contributed by atoms with van der Waals surface area (Å²) < 4.78 is 1.64. The average Bonchev–Trinajstić information content (AvgIpc) is 2.71. The Morgan fingerprint density at radius 3 is 2.53 bits per heavy atom. The van der Waals surface area contributed by atoms with Gasteiger partial charge in [0.2, 0.25) is 0 Å². The first kappa shape index (κ1) is 12.8. The van der Waals surface area contributed by atoms with Crippen molar-refractivity contribution in [2.75, 3.05) is 0 Å². The molecular weight excluding hydrogens is 248 g/mol. The van der Waals surface area contributed by atoms with Crippen molar-refractivity contribution < 1.29 is 14.8 Å². The highest BCUT2D eigenvalue weighted by molar-refractivity contribution is 5.89. The molecule has 0 bridgehead atoms. The van der Waals surface area contributed by atoms with Crippen LogP contribution in [0.5, 0.6) is 0 Å². The number of aromatic carboxylic acids is 1. The maximum Gasteiger partial charge on any atom is 0.337 e. The first-order chi connectivity index (χ1) is 8.91. The van der Waals surface area contributed by atoms with Crippen LogP contribution in [0.2, 0.25) is 0 Å². The summed E-state index contributed by atoms with van der Waals surface area (Å²) in [6.45, 7) is 3.49. The predicted octanol–water partition coefficient (Wildman–Crippen LogP) is 2.70. The summed E-state index contributed by atoms with van der Waals surface area (Å²) in [5.41, 5.74) is 2.15. The number of nitrogens with zero attached hydrogens (tertiary/aromatic N) is 2. The van der Waals surface area contributed by atoms with Gasteiger partial charge in [-0.15, -0.1) is 0 Å².